The first-order valence-electron chi connectivity index (χ1n) is 17.9. The predicted molar refractivity (Wildman–Crippen MR) is 195 cm³/mol. The fraction of sp³-hybridized carbons (Fsp3) is 0.439. The second-order valence-electron chi connectivity index (χ2n) is 16.0. The number of ketones is 1. The standard InChI is InChI=1S/C41H44O7S2/c1-40-19-17-25(21-28(40)9-12-35-37-15-16-39(42)41(37,2)20-18-38(35)40)22-36(33-7-3-5-26-23-29(49(43,44)45)10-13-31(26)33)34-8-4-6-27-24-30(50(46,47)48)11-14-32(27)34/h3-8,10-11,13-14,22-25,28,35,37-38H,9,12,15-21H2,1-2H3,(H,43,44,45)(H,46,47,48)/t25-,28-,35-,37-,38-,40-,41-/m0/s1. The average Bonchev–Trinajstić information content (AvgIpc) is 3.39. The summed E-state index contributed by atoms with van der Waals surface area (Å²) in [5.74, 6) is 3.17. The molecule has 2 N–H and O–H groups in total. The zero-order valence-corrected chi connectivity index (χ0v) is 30.1. The molecule has 0 unspecified atom stereocenters. The molecule has 0 heterocycles. The molecule has 4 aliphatic carbocycles. The molecule has 0 radical (unpaired) electrons. The number of carbonyl (C=O) groups excluding carboxylic acids is 1. The Morgan fingerprint density at radius 2 is 1.32 bits per heavy atom. The van der Waals surface area contributed by atoms with Crippen LogP contribution in [0.3, 0.4) is 0 Å². The Morgan fingerprint density at radius 3 is 1.90 bits per heavy atom. The molecule has 0 spiro atoms. The SMILES string of the molecule is C[C@]12CC[C@H](C=C(c3cccc4cc(S(=O)(=O)O)ccc34)c3cccc4cc(S(=O)(=O)O)ccc34)C[C@@H]1CC[C@@H]1[C@@H]2CC[C@]2(C)C(=O)CC[C@@H]12. The molecule has 0 bridgehead atoms. The van der Waals surface area contributed by atoms with E-state index in [-0.39, 0.29) is 20.6 Å². The molecule has 262 valence electrons. The number of carbonyl (C=O) groups is 1. The van der Waals surface area contributed by atoms with Gasteiger partial charge in [0.15, 0.2) is 0 Å². The Balaban J connectivity index is 1.21. The molecule has 7 nitrogen and oxygen atoms in total. The monoisotopic (exact) mass is 712 g/mol. The van der Waals surface area contributed by atoms with Gasteiger partial charge in [0.25, 0.3) is 20.2 Å². The van der Waals surface area contributed by atoms with E-state index in [2.05, 4.69) is 19.9 Å². The first-order valence-corrected chi connectivity index (χ1v) is 20.8. The second-order valence-corrected chi connectivity index (χ2v) is 18.9. The lowest BCUT2D eigenvalue weighted by molar-refractivity contribution is -0.139. The van der Waals surface area contributed by atoms with Crippen LogP contribution in [0.4, 0.5) is 0 Å². The lowest BCUT2D eigenvalue weighted by Gasteiger charge is -2.60. The second kappa shape index (κ2) is 11.8. The minimum absolute atomic E-state index is 0.125. The Morgan fingerprint density at radius 1 is 0.720 bits per heavy atom. The Hall–Kier alpha value is -3.37. The summed E-state index contributed by atoms with van der Waals surface area (Å²) >= 11 is 0. The van der Waals surface area contributed by atoms with Gasteiger partial charge in [0.2, 0.25) is 0 Å². The molecule has 4 fully saturated rings. The van der Waals surface area contributed by atoms with Crippen molar-refractivity contribution in [3.63, 3.8) is 0 Å². The normalized spacial score (nSPS) is 31.2. The molecule has 50 heavy (non-hydrogen) atoms. The van der Waals surface area contributed by atoms with Crippen LogP contribution in [-0.4, -0.2) is 31.7 Å². The van der Waals surface area contributed by atoms with E-state index in [9.17, 15) is 30.7 Å². The van der Waals surface area contributed by atoms with E-state index in [1.807, 2.05) is 36.4 Å². The molecule has 4 aliphatic rings. The minimum atomic E-state index is -4.38. The zero-order chi connectivity index (χ0) is 35.2. The van der Waals surface area contributed by atoms with E-state index < -0.39 is 20.2 Å². The van der Waals surface area contributed by atoms with Gasteiger partial charge in [-0.25, -0.2) is 0 Å². The molecular weight excluding hydrogens is 669 g/mol. The third-order valence-corrected chi connectivity index (χ3v) is 15.4. The molecule has 0 aliphatic heterocycles. The number of hydrogen-bond donors (Lipinski definition) is 2. The van der Waals surface area contributed by atoms with E-state index in [0.717, 1.165) is 72.4 Å². The lowest BCUT2D eigenvalue weighted by atomic mass is 9.44. The smallest absolute Gasteiger partial charge is 0.294 e. The van der Waals surface area contributed by atoms with E-state index in [1.54, 1.807) is 12.1 Å². The molecule has 4 aromatic carbocycles. The molecule has 9 heteroatoms. The topological polar surface area (TPSA) is 126 Å². The maximum absolute atomic E-state index is 12.9. The van der Waals surface area contributed by atoms with Crippen molar-refractivity contribution in [2.24, 2.45) is 40.4 Å². The van der Waals surface area contributed by atoms with Crippen molar-refractivity contribution >= 4 is 53.1 Å². The fourth-order valence-corrected chi connectivity index (χ4v) is 12.1. The highest BCUT2D eigenvalue weighted by atomic mass is 32.2. The summed E-state index contributed by atoms with van der Waals surface area (Å²) < 4.78 is 67.5. The van der Waals surface area contributed by atoms with Gasteiger partial charge >= 0.3 is 0 Å². The summed E-state index contributed by atoms with van der Waals surface area (Å²) in [5, 5.41) is 3.05. The summed E-state index contributed by atoms with van der Waals surface area (Å²) in [6.45, 7) is 4.78. The van der Waals surface area contributed by atoms with Gasteiger partial charge in [0.05, 0.1) is 9.79 Å². The van der Waals surface area contributed by atoms with Crippen LogP contribution in [0.15, 0.2) is 88.7 Å². The van der Waals surface area contributed by atoms with Crippen molar-refractivity contribution in [1.29, 1.82) is 0 Å². The van der Waals surface area contributed by atoms with Gasteiger partial charge in [-0.2, -0.15) is 16.8 Å². The first kappa shape index (κ1) is 33.8. The summed E-state index contributed by atoms with van der Waals surface area (Å²) in [6.07, 6.45) is 12.0. The van der Waals surface area contributed by atoms with Crippen LogP contribution in [0.5, 0.6) is 0 Å². The highest BCUT2D eigenvalue weighted by Crippen LogP contribution is 2.66. The van der Waals surface area contributed by atoms with Gasteiger partial charge in [0.1, 0.15) is 5.78 Å². The fourth-order valence-electron chi connectivity index (χ4n) is 11.1. The Bertz CT molecular complexity index is 2190. The number of benzene rings is 4. The summed E-state index contributed by atoms with van der Waals surface area (Å²) in [7, 11) is -8.77. The van der Waals surface area contributed by atoms with E-state index in [4.69, 9.17) is 0 Å². The molecular formula is C41H44O7S2. The Labute approximate surface area is 294 Å². The molecule has 0 aromatic heterocycles. The van der Waals surface area contributed by atoms with E-state index in [0.29, 0.717) is 46.1 Å². The lowest BCUT2D eigenvalue weighted by Crippen LogP contribution is -2.53. The zero-order valence-electron chi connectivity index (χ0n) is 28.5. The minimum Gasteiger partial charge on any atom is -0.299 e. The first-order chi connectivity index (χ1) is 23.7. The Kier molecular flexibility index (Phi) is 7.99. The molecule has 8 rings (SSSR count). The molecule has 4 aromatic rings. The van der Waals surface area contributed by atoms with Crippen LogP contribution < -0.4 is 0 Å². The third kappa shape index (κ3) is 5.47. The number of fused-ring (bicyclic) bond motifs is 7. The highest BCUT2D eigenvalue weighted by Gasteiger charge is 2.60. The maximum atomic E-state index is 12.9. The predicted octanol–water partition coefficient (Wildman–Crippen LogP) is 9.15. The van der Waals surface area contributed by atoms with Gasteiger partial charge in [-0.1, -0.05) is 68.5 Å². The van der Waals surface area contributed by atoms with Crippen LogP contribution in [-0.2, 0) is 25.0 Å². The quantitative estimate of drug-likeness (QED) is 0.198. The van der Waals surface area contributed by atoms with Crippen molar-refractivity contribution in [2.45, 2.75) is 81.4 Å². The van der Waals surface area contributed by atoms with Crippen molar-refractivity contribution in [2.75, 3.05) is 0 Å². The van der Waals surface area contributed by atoms with E-state index >= 15 is 0 Å². The van der Waals surface area contributed by atoms with Crippen molar-refractivity contribution < 1.29 is 30.7 Å². The van der Waals surface area contributed by atoms with Gasteiger partial charge in [-0.3, -0.25) is 13.9 Å². The van der Waals surface area contributed by atoms with Crippen molar-refractivity contribution in [3.05, 3.63) is 90.0 Å². The van der Waals surface area contributed by atoms with Crippen molar-refractivity contribution in [1.82, 2.24) is 0 Å². The molecule has 0 saturated heterocycles. The summed E-state index contributed by atoms with van der Waals surface area (Å²) in [6, 6.07) is 20.9. The molecule has 4 saturated carbocycles. The van der Waals surface area contributed by atoms with Gasteiger partial charge < -0.3 is 0 Å². The van der Waals surface area contributed by atoms with Crippen molar-refractivity contribution in [3.8, 4) is 0 Å². The van der Waals surface area contributed by atoms with Crippen LogP contribution in [0.1, 0.15) is 82.8 Å². The largest absolute Gasteiger partial charge is 0.299 e. The van der Waals surface area contributed by atoms with Gasteiger partial charge in [-0.15, -0.1) is 0 Å². The van der Waals surface area contributed by atoms with Gasteiger partial charge in [0, 0.05) is 11.8 Å². The van der Waals surface area contributed by atoms with Gasteiger partial charge in [-0.05, 0) is 149 Å². The average molecular weight is 713 g/mol. The highest BCUT2D eigenvalue weighted by molar-refractivity contribution is 7.86. The number of allylic oxidation sites excluding steroid dienone is 1. The third-order valence-electron chi connectivity index (χ3n) is 13.7. The number of hydrogen-bond acceptors (Lipinski definition) is 5. The maximum Gasteiger partial charge on any atom is 0.294 e. The summed E-state index contributed by atoms with van der Waals surface area (Å²) in [4.78, 5) is 12.6. The van der Waals surface area contributed by atoms with Crippen LogP contribution in [0, 0.1) is 40.4 Å². The van der Waals surface area contributed by atoms with Crippen LogP contribution in [0.2, 0.25) is 0 Å². The van der Waals surface area contributed by atoms with Crippen LogP contribution in [0.25, 0.3) is 27.1 Å². The summed E-state index contributed by atoms with van der Waals surface area (Å²) in [5.41, 5.74) is 2.95. The molecule has 0 amide bonds. The number of Topliss-reactive ketones (excluding diaryl/α,β-unsaturated/α-hetero) is 1. The van der Waals surface area contributed by atoms with Crippen LogP contribution >= 0.6 is 0 Å². The number of rotatable bonds is 5. The van der Waals surface area contributed by atoms with E-state index in [1.165, 1.54) is 37.1 Å². The molecule has 7 atom stereocenters.